The molecule has 230 valence electrons. The maximum atomic E-state index is 12.8. The predicted octanol–water partition coefficient (Wildman–Crippen LogP) is 4.48. The van der Waals surface area contributed by atoms with Crippen molar-refractivity contribution in [1.29, 1.82) is 0 Å². The molecule has 0 fully saturated rings. The molecule has 1 aliphatic rings. The Morgan fingerprint density at radius 1 is 1.11 bits per heavy atom. The van der Waals surface area contributed by atoms with Crippen molar-refractivity contribution >= 4 is 52.0 Å². The highest BCUT2D eigenvalue weighted by Gasteiger charge is 2.32. The number of aromatic nitrogens is 1. The predicted molar refractivity (Wildman–Crippen MR) is 173 cm³/mol. The number of nitrogens with one attached hydrogen (secondary N) is 3. The fourth-order valence-electron chi connectivity index (χ4n) is 5.04. The molecule has 12 nitrogen and oxygen atoms in total. The lowest BCUT2D eigenvalue weighted by atomic mass is 9.95. The van der Waals surface area contributed by atoms with Crippen molar-refractivity contribution < 1.29 is 24.0 Å². The summed E-state index contributed by atoms with van der Waals surface area (Å²) < 4.78 is 13.1. The van der Waals surface area contributed by atoms with E-state index < -0.39 is 22.8 Å². The first-order chi connectivity index (χ1) is 21.7. The Morgan fingerprint density at radius 2 is 1.84 bits per heavy atom. The SMILES string of the molecule is CCOC(=O)C1=C(C)NC(=S)N[C@@H]1c1ccccc1OCC(=O)NN=Cc1cn(Cc2ccc([N+](=O)[O-])cc2)c2ccccc12. The van der Waals surface area contributed by atoms with Crippen LogP contribution in [0, 0.1) is 10.1 Å². The smallest absolute Gasteiger partial charge is 0.338 e. The van der Waals surface area contributed by atoms with Crippen LogP contribution < -0.4 is 20.8 Å². The molecule has 3 N–H and O–H groups in total. The third-order valence-corrected chi connectivity index (χ3v) is 7.29. The normalized spacial score (nSPS) is 14.6. The molecule has 3 aromatic carbocycles. The molecule has 0 bridgehead atoms. The molecule has 1 atom stereocenters. The van der Waals surface area contributed by atoms with Gasteiger partial charge < -0.3 is 24.7 Å². The fraction of sp³-hybridized carbons (Fsp3) is 0.188. The number of non-ortho nitro benzene ring substituents is 1. The van der Waals surface area contributed by atoms with E-state index in [-0.39, 0.29) is 18.9 Å². The number of allylic oxidation sites excluding steroid dienone is 1. The van der Waals surface area contributed by atoms with Crippen molar-refractivity contribution in [1.82, 2.24) is 20.6 Å². The zero-order chi connectivity index (χ0) is 31.9. The Balaban J connectivity index is 1.26. The van der Waals surface area contributed by atoms with Crippen LogP contribution in [0.15, 0.2) is 95.4 Å². The highest BCUT2D eigenvalue weighted by molar-refractivity contribution is 7.80. The van der Waals surface area contributed by atoms with E-state index in [4.69, 9.17) is 21.7 Å². The first-order valence-corrected chi connectivity index (χ1v) is 14.5. The summed E-state index contributed by atoms with van der Waals surface area (Å²) >= 11 is 5.33. The van der Waals surface area contributed by atoms with Crippen LogP contribution in [0.4, 0.5) is 5.69 Å². The van der Waals surface area contributed by atoms with Gasteiger partial charge in [-0.25, -0.2) is 10.2 Å². The van der Waals surface area contributed by atoms with Gasteiger partial charge in [-0.15, -0.1) is 0 Å². The Labute approximate surface area is 263 Å². The van der Waals surface area contributed by atoms with Crippen LogP contribution in [-0.2, 0) is 20.9 Å². The van der Waals surface area contributed by atoms with Crippen molar-refractivity contribution in [2.45, 2.75) is 26.4 Å². The molecule has 0 saturated heterocycles. The molecule has 0 spiro atoms. The van der Waals surface area contributed by atoms with Gasteiger partial charge in [-0.05, 0) is 43.8 Å². The average molecular weight is 627 g/mol. The average Bonchev–Trinajstić information content (AvgIpc) is 3.37. The number of para-hydroxylation sites is 2. The van der Waals surface area contributed by atoms with Crippen LogP contribution in [-0.4, -0.2) is 45.9 Å². The minimum Gasteiger partial charge on any atom is -0.483 e. The van der Waals surface area contributed by atoms with Gasteiger partial charge in [0.1, 0.15) is 5.75 Å². The highest BCUT2D eigenvalue weighted by Crippen LogP contribution is 2.33. The number of carbonyl (C=O) groups is 2. The molecule has 1 aromatic heterocycles. The summed E-state index contributed by atoms with van der Waals surface area (Å²) in [5, 5.41) is 22.5. The number of hydrogen-bond donors (Lipinski definition) is 3. The number of benzene rings is 3. The number of ether oxygens (including phenoxy) is 2. The summed E-state index contributed by atoms with van der Waals surface area (Å²) in [6, 6.07) is 20.6. The molecule has 5 rings (SSSR count). The van der Waals surface area contributed by atoms with Crippen LogP contribution in [0.25, 0.3) is 10.9 Å². The number of hydrazone groups is 1. The first-order valence-electron chi connectivity index (χ1n) is 14.1. The summed E-state index contributed by atoms with van der Waals surface area (Å²) in [4.78, 5) is 36.0. The standard InChI is InChI=1S/C32H30N6O6S/c1-3-43-31(40)29-20(2)34-32(45)35-30(29)25-9-5-7-11-27(25)44-19-28(39)36-33-16-22-18-37(26-10-6-4-8-24(22)26)17-21-12-14-23(15-13-21)38(41)42/h4-16,18,30H,3,17,19H2,1-2H3,(H,36,39)(H2,34,35,45)/t30-/m1/s1. The summed E-state index contributed by atoms with van der Waals surface area (Å²) in [5.41, 5.74) is 6.70. The minimum atomic E-state index is -0.640. The van der Waals surface area contributed by atoms with E-state index in [1.165, 1.54) is 12.1 Å². The molecular formula is C32H30N6O6S. The maximum Gasteiger partial charge on any atom is 0.338 e. The molecular weight excluding hydrogens is 596 g/mol. The lowest BCUT2D eigenvalue weighted by Crippen LogP contribution is -2.45. The van der Waals surface area contributed by atoms with Crippen LogP contribution in [0.3, 0.4) is 0 Å². The lowest BCUT2D eigenvalue weighted by Gasteiger charge is -2.30. The van der Waals surface area contributed by atoms with Gasteiger partial charge in [0.25, 0.3) is 11.6 Å². The number of nitrogens with zero attached hydrogens (tertiary/aromatic N) is 3. The zero-order valence-electron chi connectivity index (χ0n) is 24.5. The molecule has 45 heavy (non-hydrogen) atoms. The van der Waals surface area contributed by atoms with E-state index >= 15 is 0 Å². The van der Waals surface area contributed by atoms with E-state index in [1.807, 2.05) is 35.0 Å². The molecule has 0 aliphatic carbocycles. The topological polar surface area (TPSA) is 149 Å². The molecule has 1 amide bonds. The van der Waals surface area contributed by atoms with E-state index in [0.29, 0.717) is 34.2 Å². The fourth-order valence-corrected chi connectivity index (χ4v) is 5.31. The van der Waals surface area contributed by atoms with Crippen molar-refractivity contribution in [2.75, 3.05) is 13.2 Å². The Kier molecular flexibility index (Phi) is 9.49. The third-order valence-electron chi connectivity index (χ3n) is 7.07. The van der Waals surface area contributed by atoms with Gasteiger partial charge in [0.2, 0.25) is 0 Å². The number of esters is 1. The summed E-state index contributed by atoms with van der Waals surface area (Å²) in [6.45, 7) is 3.85. The Bertz CT molecular complexity index is 1830. The van der Waals surface area contributed by atoms with Crippen molar-refractivity contribution in [2.24, 2.45) is 5.10 Å². The molecule has 0 radical (unpaired) electrons. The number of hydrogen-bond acceptors (Lipinski definition) is 8. The van der Waals surface area contributed by atoms with E-state index in [1.54, 1.807) is 56.5 Å². The number of nitro groups is 1. The largest absolute Gasteiger partial charge is 0.483 e. The van der Waals surface area contributed by atoms with Gasteiger partial charge in [0.05, 0.1) is 29.4 Å². The molecule has 4 aromatic rings. The monoisotopic (exact) mass is 626 g/mol. The van der Waals surface area contributed by atoms with Gasteiger partial charge >= 0.3 is 5.97 Å². The maximum absolute atomic E-state index is 12.8. The molecule has 1 aliphatic heterocycles. The number of carbonyl (C=O) groups excluding carboxylic acids is 2. The summed E-state index contributed by atoms with van der Waals surface area (Å²) in [7, 11) is 0. The van der Waals surface area contributed by atoms with E-state index in [9.17, 15) is 19.7 Å². The summed E-state index contributed by atoms with van der Waals surface area (Å²) in [6.07, 6.45) is 3.46. The third kappa shape index (κ3) is 7.16. The zero-order valence-corrected chi connectivity index (χ0v) is 25.3. The lowest BCUT2D eigenvalue weighted by molar-refractivity contribution is -0.384. The van der Waals surface area contributed by atoms with E-state index in [0.717, 1.165) is 22.0 Å². The number of amides is 1. The quantitative estimate of drug-likeness (QED) is 0.0720. The molecule has 13 heteroatoms. The Morgan fingerprint density at radius 3 is 2.60 bits per heavy atom. The van der Waals surface area contributed by atoms with Gasteiger partial charge in [-0.3, -0.25) is 14.9 Å². The van der Waals surface area contributed by atoms with Gasteiger partial charge in [0.15, 0.2) is 11.7 Å². The van der Waals surface area contributed by atoms with Gasteiger partial charge in [-0.2, -0.15) is 5.10 Å². The van der Waals surface area contributed by atoms with Gasteiger partial charge in [0, 0.05) is 52.6 Å². The van der Waals surface area contributed by atoms with Crippen molar-refractivity contribution in [3.8, 4) is 5.75 Å². The Hall–Kier alpha value is -5.56. The molecule has 0 saturated carbocycles. The number of fused-ring (bicyclic) bond motifs is 1. The van der Waals surface area contributed by atoms with Gasteiger partial charge in [-0.1, -0.05) is 48.5 Å². The van der Waals surface area contributed by atoms with Crippen LogP contribution in [0.2, 0.25) is 0 Å². The second-order valence-electron chi connectivity index (χ2n) is 10.1. The van der Waals surface area contributed by atoms with E-state index in [2.05, 4.69) is 21.2 Å². The number of rotatable bonds is 11. The second-order valence-corrected chi connectivity index (χ2v) is 10.5. The first kappa shape index (κ1) is 30.9. The van der Waals surface area contributed by atoms with Crippen LogP contribution in [0.5, 0.6) is 5.75 Å². The minimum absolute atomic E-state index is 0.0348. The van der Waals surface area contributed by atoms with Crippen LogP contribution in [0.1, 0.15) is 36.6 Å². The number of nitro benzene ring substituents is 1. The van der Waals surface area contributed by atoms with Crippen molar-refractivity contribution in [3.05, 3.63) is 117 Å². The second kappa shape index (κ2) is 13.8. The number of thiocarbonyl (C=S) groups is 1. The van der Waals surface area contributed by atoms with Crippen LogP contribution >= 0.6 is 12.2 Å². The molecule has 0 unspecified atom stereocenters. The summed E-state index contributed by atoms with van der Waals surface area (Å²) in [5.74, 6) is -0.581. The molecule has 2 heterocycles. The van der Waals surface area contributed by atoms with Crippen molar-refractivity contribution in [3.63, 3.8) is 0 Å². The highest BCUT2D eigenvalue weighted by atomic mass is 32.1.